The standard InChI is InChI=1S/C10H11N3O/c11-3-9-1-2-10(4-12-9)13-5-8(6-13)7-14/h1-2,4,8,14H,5-7H2. The Hall–Kier alpha value is -1.60. The minimum Gasteiger partial charge on any atom is -0.396 e. The number of aliphatic hydroxyl groups excluding tert-OH is 1. The minimum absolute atomic E-state index is 0.250. The molecule has 72 valence electrons. The molecule has 4 nitrogen and oxygen atoms in total. The molecule has 0 bridgehead atoms. The quantitative estimate of drug-likeness (QED) is 0.730. The molecule has 1 aromatic rings. The first-order valence-electron chi connectivity index (χ1n) is 4.55. The van der Waals surface area contributed by atoms with Crippen LogP contribution in [-0.4, -0.2) is 29.8 Å². The largest absolute Gasteiger partial charge is 0.396 e. The van der Waals surface area contributed by atoms with Gasteiger partial charge in [-0.15, -0.1) is 0 Å². The summed E-state index contributed by atoms with van der Waals surface area (Å²) in [7, 11) is 0. The lowest BCUT2D eigenvalue weighted by molar-refractivity contribution is 0.200. The lowest BCUT2D eigenvalue weighted by Crippen LogP contribution is -2.48. The monoisotopic (exact) mass is 189 g/mol. The average Bonchev–Trinajstić information content (AvgIpc) is 2.17. The summed E-state index contributed by atoms with van der Waals surface area (Å²) < 4.78 is 0. The molecule has 0 aliphatic carbocycles. The highest BCUT2D eigenvalue weighted by Gasteiger charge is 2.25. The number of aromatic nitrogens is 1. The zero-order valence-electron chi connectivity index (χ0n) is 7.72. The molecule has 0 atom stereocenters. The summed E-state index contributed by atoms with van der Waals surface area (Å²) in [5.41, 5.74) is 1.46. The molecule has 0 radical (unpaired) electrons. The fourth-order valence-corrected chi connectivity index (χ4v) is 1.54. The molecule has 0 spiro atoms. The van der Waals surface area contributed by atoms with Crippen molar-refractivity contribution < 1.29 is 5.11 Å². The summed E-state index contributed by atoms with van der Waals surface area (Å²) in [5, 5.41) is 17.4. The van der Waals surface area contributed by atoms with E-state index in [0.29, 0.717) is 11.6 Å². The molecule has 0 amide bonds. The van der Waals surface area contributed by atoms with Crippen LogP contribution in [0.5, 0.6) is 0 Å². The third-order valence-electron chi connectivity index (χ3n) is 2.44. The number of hydrogen-bond acceptors (Lipinski definition) is 4. The van der Waals surface area contributed by atoms with Crippen LogP contribution in [0.2, 0.25) is 0 Å². The van der Waals surface area contributed by atoms with Crippen LogP contribution in [0, 0.1) is 17.2 Å². The number of pyridine rings is 1. The van der Waals surface area contributed by atoms with Crippen LogP contribution in [0.3, 0.4) is 0 Å². The predicted molar refractivity (Wildman–Crippen MR) is 51.7 cm³/mol. The van der Waals surface area contributed by atoms with Crippen molar-refractivity contribution >= 4 is 5.69 Å². The van der Waals surface area contributed by atoms with E-state index >= 15 is 0 Å². The highest BCUT2D eigenvalue weighted by atomic mass is 16.3. The van der Waals surface area contributed by atoms with Crippen LogP contribution < -0.4 is 4.90 Å². The van der Waals surface area contributed by atoms with E-state index in [0.717, 1.165) is 18.8 Å². The molecule has 0 saturated carbocycles. The normalized spacial score (nSPS) is 16.1. The highest BCUT2D eigenvalue weighted by molar-refractivity contribution is 5.48. The molecule has 1 saturated heterocycles. The second kappa shape index (κ2) is 3.64. The summed E-state index contributed by atoms with van der Waals surface area (Å²) in [6, 6.07) is 5.58. The zero-order valence-corrected chi connectivity index (χ0v) is 7.72. The first-order valence-corrected chi connectivity index (χ1v) is 4.55. The van der Waals surface area contributed by atoms with E-state index in [4.69, 9.17) is 10.4 Å². The number of nitrogens with zero attached hydrogens (tertiary/aromatic N) is 3. The summed E-state index contributed by atoms with van der Waals surface area (Å²) in [5.74, 6) is 0.394. The minimum atomic E-state index is 0.250. The number of nitriles is 1. The Bertz CT molecular complexity index is 349. The lowest BCUT2D eigenvalue weighted by Gasteiger charge is -2.39. The van der Waals surface area contributed by atoms with Crippen molar-refractivity contribution in [3.8, 4) is 6.07 Å². The maximum atomic E-state index is 8.85. The van der Waals surface area contributed by atoms with E-state index in [-0.39, 0.29) is 6.61 Å². The molecule has 1 N–H and O–H groups in total. The second-order valence-electron chi connectivity index (χ2n) is 3.47. The van der Waals surface area contributed by atoms with E-state index in [1.807, 2.05) is 12.1 Å². The Morgan fingerprint density at radius 1 is 1.57 bits per heavy atom. The van der Waals surface area contributed by atoms with Gasteiger partial charge >= 0.3 is 0 Å². The first-order chi connectivity index (χ1) is 6.83. The van der Waals surface area contributed by atoms with Crippen molar-refractivity contribution in [3.05, 3.63) is 24.0 Å². The van der Waals surface area contributed by atoms with Gasteiger partial charge in [-0.1, -0.05) is 0 Å². The SMILES string of the molecule is N#Cc1ccc(N2CC(CO)C2)cn1. The van der Waals surface area contributed by atoms with Crippen LogP contribution in [0.1, 0.15) is 5.69 Å². The van der Waals surface area contributed by atoms with Crippen molar-refractivity contribution in [1.82, 2.24) is 4.98 Å². The number of hydrogen-bond donors (Lipinski definition) is 1. The molecule has 4 heteroatoms. The Balaban J connectivity index is 2.02. The topological polar surface area (TPSA) is 60.2 Å². The van der Waals surface area contributed by atoms with E-state index in [1.165, 1.54) is 0 Å². The van der Waals surface area contributed by atoms with Crippen LogP contribution in [0.25, 0.3) is 0 Å². The summed E-state index contributed by atoms with van der Waals surface area (Å²) in [4.78, 5) is 6.12. The zero-order chi connectivity index (χ0) is 9.97. The van der Waals surface area contributed by atoms with Crippen molar-refractivity contribution in [2.75, 3.05) is 24.6 Å². The van der Waals surface area contributed by atoms with E-state index < -0.39 is 0 Å². The molecular formula is C10H11N3O. The molecule has 1 fully saturated rings. The Labute approximate surface area is 82.4 Å². The van der Waals surface area contributed by atoms with Crippen LogP contribution >= 0.6 is 0 Å². The molecule has 2 rings (SSSR count). The van der Waals surface area contributed by atoms with Crippen LogP contribution in [0.4, 0.5) is 5.69 Å². The van der Waals surface area contributed by atoms with Gasteiger partial charge in [0.1, 0.15) is 11.8 Å². The Kier molecular flexibility index (Phi) is 2.33. The maximum Gasteiger partial charge on any atom is 0.140 e. The molecule has 1 aliphatic rings. The molecule has 1 aliphatic heterocycles. The Morgan fingerprint density at radius 2 is 2.36 bits per heavy atom. The molecule has 0 unspecified atom stereocenters. The van der Waals surface area contributed by atoms with Crippen molar-refractivity contribution in [1.29, 1.82) is 5.26 Å². The van der Waals surface area contributed by atoms with Gasteiger partial charge in [-0.3, -0.25) is 0 Å². The third-order valence-corrected chi connectivity index (χ3v) is 2.44. The van der Waals surface area contributed by atoms with E-state index in [2.05, 4.69) is 9.88 Å². The summed E-state index contributed by atoms with van der Waals surface area (Å²) in [6.45, 7) is 2.01. The van der Waals surface area contributed by atoms with Crippen LogP contribution in [0.15, 0.2) is 18.3 Å². The number of aliphatic hydroxyl groups is 1. The van der Waals surface area contributed by atoms with Gasteiger partial charge in [0.15, 0.2) is 0 Å². The maximum absolute atomic E-state index is 8.85. The van der Waals surface area contributed by atoms with Gasteiger partial charge in [0.05, 0.1) is 11.9 Å². The molecule has 14 heavy (non-hydrogen) atoms. The van der Waals surface area contributed by atoms with Crippen LogP contribution in [-0.2, 0) is 0 Å². The summed E-state index contributed by atoms with van der Waals surface area (Å²) >= 11 is 0. The van der Waals surface area contributed by atoms with Gasteiger partial charge < -0.3 is 10.0 Å². The van der Waals surface area contributed by atoms with E-state index in [9.17, 15) is 0 Å². The fraction of sp³-hybridized carbons (Fsp3) is 0.400. The van der Waals surface area contributed by atoms with E-state index in [1.54, 1.807) is 12.3 Å². The lowest BCUT2D eigenvalue weighted by atomic mass is 10.0. The van der Waals surface area contributed by atoms with Gasteiger partial charge in [-0.2, -0.15) is 5.26 Å². The first kappa shape index (κ1) is 8.97. The molecule has 2 heterocycles. The molecule has 1 aromatic heterocycles. The smallest absolute Gasteiger partial charge is 0.140 e. The summed E-state index contributed by atoms with van der Waals surface area (Å²) in [6.07, 6.45) is 1.70. The average molecular weight is 189 g/mol. The number of anilines is 1. The van der Waals surface area contributed by atoms with Gasteiger partial charge in [0.25, 0.3) is 0 Å². The van der Waals surface area contributed by atoms with Gasteiger partial charge in [-0.05, 0) is 12.1 Å². The van der Waals surface area contributed by atoms with Gasteiger partial charge in [-0.25, -0.2) is 4.98 Å². The fourth-order valence-electron chi connectivity index (χ4n) is 1.54. The van der Waals surface area contributed by atoms with Gasteiger partial charge in [0, 0.05) is 25.6 Å². The molecular weight excluding hydrogens is 178 g/mol. The highest BCUT2D eigenvalue weighted by Crippen LogP contribution is 2.23. The van der Waals surface area contributed by atoms with Crippen molar-refractivity contribution in [2.24, 2.45) is 5.92 Å². The van der Waals surface area contributed by atoms with Crippen molar-refractivity contribution in [3.63, 3.8) is 0 Å². The predicted octanol–water partition coefficient (Wildman–Crippen LogP) is 0.382. The van der Waals surface area contributed by atoms with Crippen molar-refractivity contribution in [2.45, 2.75) is 0 Å². The number of rotatable bonds is 2. The second-order valence-corrected chi connectivity index (χ2v) is 3.47. The third kappa shape index (κ3) is 1.54. The Morgan fingerprint density at radius 3 is 2.86 bits per heavy atom. The van der Waals surface area contributed by atoms with Gasteiger partial charge in [0.2, 0.25) is 0 Å². The molecule has 0 aromatic carbocycles.